The summed E-state index contributed by atoms with van der Waals surface area (Å²) in [5.74, 6) is 0. The zero-order valence-electron chi connectivity index (χ0n) is 37.8. The van der Waals surface area contributed by atoms with Gasteiger partial charge in [-0.05, 0) is 115 Å². The van der Waals surface area contributed by atoms with Gasteiger partial charge in [0.2, 0.25) is 0 Å². The molecular weight excluding hydrogens is 833 g/mol. The average Bonchev–Trinajstić information content (AvgIpc) is 3.93. The van der Waals surface area contributed by atoms with Gasteiger partial charge in [-0.2, -0.15) is 0 Å². The molecule has 0 N–H and O–H groups in total. The third-order valence-corrected chi connectivity index (χ3v) is 14.8. The molecule has 0 saturated heterocycles. The molecule has 0 atom stereocenters. The minimum absolute atomic E-state index is 0.515. The summed E-state index contributed by atoms with van der Waals surface area (Å²) >= 11 is 0. The highest BCUT2D eigenvalue weighted by Crippen LogP contribution is 2.57. The molecule has 1 aliphatic carbocycles. The summed E-state index contributed by atoms with van der Waals surface area (Å²) in [6.45, 7) is 0. The Bertz CT molecular complexity index is 4070. The molecule has 0 fully saturated rings. The quantitative estimate of drug-likeness (QED) is 0.145. The van der Waals surface area contributed by atoms with Crippen LogP contribution < -0.4 is 4.90 Å². The van der Waals surface area contributed by atoms with E-state index in [-0.39, 0.29) is 0 Å². The molecule has 0 aliphatic heterocycles. The lowest BCUT2D eigenvalue weighted by Crippen LogP contribution is -2.28. The first-order valence-electron chi connectivity index (χ1n) is 23.9. The Balaban J connectivity index is 0.979. The molecule has 0 radical (unpaired) electrons. The zero-order chi connectivity index (χ0) is 45.5. The van der Waals surface area contributed by atoms with Crippen molar-refractivity contribution in [1.82, 2.24) is 4.40 Å². The molecule has 0 bridgehead atoms. The monoisotopic (exact) mass is 876 g/mol. The van der Waals surface area contributed by atoms with Crippen molar-refractivity contribution in [2.75, 3.05) is 4.90 Å². The van der Waals surface area contributed by atoms with E-state index in [9.17, 15) is 0 Å². The van der Waals surface area contributed by atoms with E-state index in [1.54, 1.807) is 0 Å². The van der Waals surface area contributed by atoms with Gasteiger partial charge in [0.1, 0.15) is 0 Å². The highest BCUT2D eigenvalue weighted by atomic mass is 15.1. The number of benzene rings is 11. The van der Waals surface area contributed by atoms with Gasteiger partial charge in [0.25, 0.3) is 0 Å². The predicted octanol–water partition coefficient (Wildman–Crippen LogP) is 17.7. The second kappa shape index (κ2) is 15.6. The average molecular weight is 877 g/mol. The number of pyridine rings is 1. The van der Waals surface area contributed by atoms with Crippen molar-refractivity contribution in [3.8, 4) is 33.4 Å². The van der Waals surface area contributed by atoms with Gasteiger partial charge in [-0.1, -0.05) is 218 Å². The van der Waals surface area contributed by atoms with Gasteiger partial charge in [0, 0.05) is 38.8 Å². The van der Waals surface area contributed by atoms with E-state index >= 15 is 0 Å². The molecule has 14 rings (SSSR count). The fourth-order valence-corrected chi connectivity index (χ4v) is 11.9. The Kier molecular flexibility index (Phi) is 8.84. The Hall–Kier alpha value is -8.98. The number of anilines is 3. The van der Waals surface area contributed by atoms with Crippen LogP contribution >= 0.6 is 0 Å². The molecule has 2 aromatic heterocycles. The Labute approximate surface area is 401 Å². The first kappa shape index (κ1) is 39.2. The van der Waals surface area contributed by atoms with Gasteiger partial charge in [0.05, 0.1) is 22.0 Å². The van der Waals surface area contributed by atoms with Gasteiger partial charge >= 0.3 is 0 Å². The summed E-state index contributed by atoms with van der Waals surface area (Å²) in [6.07, 6.45) is 0. The Morgan fingerprint density at radius 2 is 0.870 bits per heavy atom. The van der Waals surface area contributed by atoms with Crippen molar-refractivity contribution >= 4 is 65.9 Å². The third kappa shape index (κ3) is 5.86. The molecule has 0 spiro atoms. The maximum absolute atomic E-state index is 2.51. The summed E-state index contributed by atoms with van der Waals surface area (Å²) < 4.78 is 2.51. The van der Waals surface area contributed by atoms with Crippen molar-refractivity contribution < 1.29 is 0 Å². The third-order valence-electron chi connectivity index (χ3n) is 14.8. The Morgan fingerprint density at radius 1 is 0.319 bits per heavy atom. The van der Waals surface area contributed by atoms with Crippen LogP contribution in [0.15, 0.2) is 267 Å². The van der Waals surface area contributed by atoms with Crippen LogP contribution in [0.2, 0.25) is 0 Å². The molecular formula is C67H44N2. The normalized spacial score (nSPS) is 12.8. The molecule has 0 saturated carbocycles. The molecule has 0 unspecified atom stereocenters. The Morgan fingerprint density at radius 3 is 1.64 bits per heavy atom. The van der Waals surface area contributed by atoms with E-state index in [1.807, 2.05) is 0 Å². The fourth-order valence-electron chi connectivity index (χ4n) is 11.9. The molecule has 2 heteroatoms. The number of hydrogen-bond donors (Lipinski definition) is 0. The van der Waals surface area contributed by atoms with Gasteiger partial charge in [-0.15, -0.1) is 0 Å². The first-order chi connectivity index (χ1) is 34.3. The largest absolute Gasteiger partial charge is 0.310 e. The van der Waals surface area contributed by atoms with Crippen molar-refractivity contribution in [2.24, 2.45) is 0 Å². The number of para-hydroxylation sites is 1. The molecule has 1 aliphatic rings. The lowest BCUT2D eigenvalue weighted by molar-refractivity contribution is 0.768. The van der Waals surface area contributed by atoms with Gasteiger partial charge in [0.15, 0.2) is 0 Å². The second-order valence-corrected chi connectivity index (χ2v) is 18.4. The highest BCUT2D eigenvalue weighted by molar-refractivity contribution is 6.24. The number of rotatable bonds is 7. The van der Waals surface area contributed by atoms with Crippen LogP contribution in [0.3, 0.4) is 0 Å². The number of nitrogens with zero attached hydrogens (tertiary/aromatic N) is 2. The maximum Gasteiger partial charge on any atom is 0.0714 e. The van der Waals surface area contributed by atoms with E-state index in [0.29, 0.717) is 0 Å². The van der Waals surface area contributed by atoms with Crippen molar-refractivity contribution in [2.45, 2.75) is 5.41 Å². The van der Waals surface area contributed by atoms with E-state index in [1.165, 1.54) is 105 Å². The lowest BCUT2D eigenvalue weighted by atomic mass is 9.67. The van der Waals surface area contributed by atoms with Crippen molar-refractivity contribution in [3.05, 3.63) is 289 Å². The minimum atomic E-state index is -0.515. The molecule has 322 valence electrons. The number of hydrogen-bond acceptors (Lipinski definition) is 1. The lowest BCUT2D eigenvalue weighted by Gasteiger charge is -2.35. The smallest absolute Gasteiger partial charge is 0.0714 e. The van der Waals surface area contributed by atoms with E-state index in [2.05, 4.69) is 276 Å². The molecule has 13 aromatic rings. The van der Waals surface area contributed by atoms with Gasteiger partial charge < -0.3 is 9.30 Å². The van der Waals surface area contributed by atoms with Crippen molar-refractivity contribution in [3.63, 3.8) is 0 Å². The molecule has 69 heavy (non-hydrogen) atoms. The highest BCUT2D eigenvalue weighted by Gasteiger charge is 2.46. The summed E-state index contributed by atoms with van der Waals surface area (Å²) in [4.78, 5) is 2.44. The maximum atomic E-state index is 2.51. The summed E-state index contributed by atoms with van der Waals surface area (Å²) in [6, 6.07) is 98.6. The summed E-state index contributed by atoms with van der Waals surface area (Å²) in [5.41, 5.74) is 18.9. The number of fused-ring (bicyclic) bond motifs is 12. The van der Waals surface area contributed by atoms with E-state index in [4.69, 9.17) is 0 Å². The van der Waals surface area contributed by atoms with Gasteiger partial charge in [-0.3, -0.25) is 0 Å². The molecule has 2 nitrogen and oxygen atoms in total. The van der Waals surface area contributed by atoms with E-state index in [0.717, 1.165) is 17.1 Å². The standard InChI is InChI=1S/C67H44N2/c1-4-20-47(21-5-1)64-59-30-15-17-33-62(59)69-63-34-18-31-54(65(63)57-28-12-13-29-58(57)66(64)69)46-36-38-51(39-37-46)68(52-40-35-45-19-10-11-22-48(45)43-52)53-41-42-56-55-27-14-16-32-60(55)67(61(56)44-53,49-23-6-2-7-24-49)50-25-8-3-9-26-50/h1-44H. The summed E-state index contributed by atoms with van der Waals surface area (Å²) in [5, 5.41) is 7.41. The van der Waals surface area contributed by atoms with Gasteiger partial charge in [-0.25, -0.2) is 0 Å². The van der Waals surface area contributed by atoms with Crippen LogP contribution in [0, 0.1) is 0 Å². The number of aromatic nitrogens is 1. The molecule has 2 heterocycles. The molecule has 11 aromatic carbocycles. The molecule has 0 amide bonds. The van der Waals surface area contributed by atoms with Crippen LogP contribution in [-0.2, 0) is 5.41 Å². The zero-order valence-corrected chi connectivity index (χ0v) is 37.8. The topological polar surface area (TPSA) is 7.65 Å². The van der Waals surface area contributed by atoms with E-state index < -0.39 is 5.41 Å². The van der Waals surface area contributed by atoms with Crippen molar-refractivity contribution in [1.29, 1.82) is 0 Å². The fraction of sp³-hybridized carbons (Fsp3) is 0.0149. The predicted molar refractivity (Wildman–Crippen MR) is 290 cm³/mol. The van der Waals surface area contributed by atoms with Crippen LogP contribution in [0.25, 0.3) is 82.2 Å². The van der Waals surface area contributed by atoms with Crippen LogP contribution in [0.4, 0.5) is 17.1 Å². The van der Waals surface area contributed by atoms with Crippen LogP contribution in [0.5, 0.6) is 0 Å². The second-order valence-electron chi connectivity index (χ2n) is 18.4. The SMILES string of the molecule is c1ccc(-c2c3ccccc3n3c4cccc(-c5ccc(N(c6ccc7c(c6)C(c6ccccc6)(c6ccccc6)c6ccccc6-7)c6ccc7ccccc7c6)cc5)c4c4ccccc4c23)cc1. The summed E-state index contributed by atoms with van der Waals surface area (Å²) in [7, 11) is 0. The van der Waals surface area contributed by atoms with Crippen LogP contribution in [0.1, 0.15) is 22.3 Å². The van der Waals surface area contributed by atoms with Crippen LogP contribution in [-0.4, -0.2) is 4.40 Å². The first-order valence-corrected chi connectivity index (χ1v) is 23.9. The minimum Gasteiger partial charge on any atom is -0.310 e.